The van der Waals surface area contributed by atoms with Gasteiger partial charge in [0.25, 0.3) is 11.7 Å². The summed E-state index contributed by atoms with van der Waals surface area (Å²) in [5, 5.41) is 16.2. The number of furan rings is 1. The van der Waals surface area contributed by atoms with Crippen LogP contribution in [-0.4, -0.2) is 46.9 Å². The Kier molecular flexibility index (Phi) is 6.53. The number of amides is 1. The highest BCUT2D eigenvalue weighted by molar-refractivity contribution is 6.42. The molecule has 7 nitrogen and oxygen atoms in total. The van der Waals surface area contributed by atoms with E-state index < -0.39 is 23.5 Å². The SMILES string of the molecule is C[C@@H](NC(=O)C(=O)c1cc2ccc(Cl)cc2o1)[C@](O)(c1ccc(OC2CC2)c(Cl)c1)N1CCCC1. The molecule has 1 aliphatic carbocycles. The van der Waals surface area contributed by atoms with Crippen molar-refractivity contribution >= 4 is 45.9 Å². The molecule has 3 aromatic rings. The molecule has 0 bridgehead atoms. The third kappa shape index (κ3) is 4.78. The van der Waals surface area contributed by atoms with Gasteiger partial charge in [-0.3, -0.25) is 14.5 Å². The number of nitrogens with zero attached hydrogens (tertiary/aromatic N) is 1. The fraction of sp³-hybridized carbons (Fsp3) is 0.385. The topological polar surface area (TPSA) is 92.0 Å². The fourth-order valence-electron chi connectivity index (χ4n) is 4.55. The summed E-state index contributed by atoms with van der Waals surface area (Å²) in [6.07, 6.45) is 4.03. The number of aliphatic hydroxyl groups is 1. The van der Waals surface area contributed by atoms with E-state index in [9.17, 15) is 14.7 Å². The van der Waals surface area contributed by atoms with Gasteiger partial charge in [0.05, 0.1) is 17.2 Å². The van der Waals surface area contributed by atoms with Crippen LogP contribution in [0.1, 0.15) is 48.7 Å². The van der Waals surface area contributed by atoms with E-state index in [2.05, 4.69) is 5.32 Å². The quantitative estimate of drug-likeness (QED) is 0.326. The largest absolute Gasteiger partial charge is 0.489 e. The van der Waals surface area contributed by atoms with Crippen LogP contribution in [0.25, 0.3) is 11.0 Å². The number of halogens is 2. The standard InChI is InChI=1S/C26H26Cl2N2O5/c1-15(29-25(32)24(31)23-12-16-4-6-18(27)14-22(16)35-23)26(33,30-10-2-3-11-30)17-5-9-21(20(28)13-17)34-19-7-8-19/h4-6,9,12-15,19,33H,2-3,7-8,10-11H2,1H3,(H,29,32)/t15-,26+/m1/s1. The van der Waals surface area contributed by atoms with E-state index in [1.165, 1.54) is 6.07 Å². The molecule has 184 valence electrons. The molecule has 2 fully saturated rings. The molecule has 2 aromatic carbocycles. The van der Waals surface area contributed by atoms with Crippen molar-refractivity contribution in [3.05, 3.63) is 63.8 Å². The lowest BCUT2D eigenvalue weighted by atomic mass is 9.93. The van der Waals surface area contributed by atoms with Crippen LogP contribution in [0.2, 0.25) is 10.0 Å². The van der Waals surface area contributed by atoms with E-state index in [0.717, 1.165) is 25.7 Å². The zero-order chi connectivity index (χ0) is 24.7. The number of ketones is 1. The molecule has 0 radical (unpaired) electrons. The van der Waals surface area contributed by atoms with E-state index in [4.69, 9.17) is 32.4 Å². The van der Waals surface area contributed by atoms with Crippen LogP contribution < -0.4 is 10.1 Å². The van der Waals surface area contributed by atoms with Gasteiger partial charge in [-0.25, -0.2) is 0 Å². The zero-order valence-corrected chi connectivity index (χ0v) is 20.7. The Morgan fingerprint density at radius 1 is 1.14 bits per heavy atom. The molecule has 35 heavy (non-hydrogen) atoms. The average molecular weight is 517 g/mol. The molecule has 2 N–H and O–H groups in total. The van der Waals surface area contributed by atoms with Crippen LogP contribution in [0.3, 0.4) is 0 Å². The molecule has 5 rings (SSSR count). The maximum Gasteiger partial charge on any atom is 0.296 e. The van der Waals surface area contributed by atoms with Crippen LogP contribution in [-0.2, 0) is 10.5 Å². The van der Waals surface area contributed by atoms with Crippen LogP contribution in [0, 0.1) is 0 Å². The number of rotatable bonds is 8. The molecule has 2 heterocycles. The molecule has 1 aromatic heterocycles. The van der Waals surface area contributed by atoms with Gasteiger partial charge in [-0.1, -0.05) is 29.3 Å². The predicted molar refractivity (Wildman–Crippen MR) is 133 cm³/mol. The Morgan fingerprint density at radius 2 is 1.89 bits per heavy atom. The van der Waals surface area contributed by atoms with Crippen molar-refractivity contribution in [1.82, 2.24) is 10.2 Å². The van der Waals surface area contributed by atoms with E-state index in [0.29, 0.717) is 45.4 Å². The van der Waals surface area contributed by atoms with Crippen molar-refractivity contribution < 1.29 is 23.8 Å². The van der Waals surface area contributed by atoms with Crippen molar-refractivity contribution in [2.75, 3.05) is 13.1 Å². The fourth-order valence-corrected chi connectivity index (χ4v) is 4.93. The van der Waals surface area contributed by atoms with Gasteiger partial charge >= 0.3 is 0 Å². The first kappa shape index (κ1) is 24.1. The Hall–Kier alpha value is -2.58. The molecule has 9 heteroatoms. The minimum absolute atomic E-state index is 0.0960. The highest BCUT2D eigenvalue weighted by Gasteiger charge is 2.44. The molecular formula is C26H26Cl2N2O5. The number of hydrogen-bond acceptors (Lipinski definition) is 6. The molecule has 1 amide bonds. The first-order valence-electron chi connectivity index (χ1n) is 11.7. The van der Waals surface area contributed by atoms with E-state index >= 15 is 0 Å². The normalized spacial score (nSPS) is 18.9. The molecule has 2 aliphatic rings. The third-order valence-electron chi connectivity index (χ3n) is 6.63. The summed E-state index contributed by atoms with van der Waals surface area (Å²) in [5.74, 6) is -1.24. The van der Waals surface area contributed by atoms with Crippen molar-refractivity contribution in [2.45, 2.75) is 50.5 Å². The molecule has 0 spiro atoms. The van der Waals surface area contributed by atoms with Gasteiger partial charge in [0.2, 0.25) is 0 Å². The summed E-state index contributed by atoms with van der Waals surface area (Å²) in [4.78, 5) is 27.7. The zero-order valence-electron chi connectivity index (χ0n) is 19.2. The number of benzene rings is 2. The van der Waals surface area contributed by atoms with Gasteiger partial charge < -0.3 is 19.6 Å². The Balaban J connectivity index is 1.39. The minimum atomic E-state index is -1.57. The number of carbonyl (C=O) groups excluding carboxylic acids is 2. The molecule has 1 aliphatic heterocycles. The molecule has 2 atom stereocenters. The second-order valence-corrected chi connectivity index (χ2v) is 10.0. The van der Waals surface area contributed by atoms with Crippen molar-refractivity contribution in [3.63, 3.8) is 0 Å². The molecule has 0 unspecified atom stereocenters. The lowest BCUT2D eigenvalue weighted by molar-refractivity contribution is -0.139. The Labute approximate surface area is 212 Å². The van der Waals surface area contributed by atoms with Gasteiger partial charge in [-0.2, -0.15) is 0 Å². The minimum Gasteiger partial charge on any atom is -0.489 e. The predicted octanol–water partition coefficient (Wildman–Crippen LogP) is 4.91. The lowest BCUT2D eigenvalue weighted by Crippen LogP contribution is -2.59. The lowest BCUT2D eigenvalue weighted by Gasteiger charge is -2.42. The highest BCUT2D eigenvalue weighted by atomic mass is 35.5. The third-order valence-corrected chi connectivity index (χ3v) is 7.16. The van der Waals surface area contributed by atoms with Crippen LogP contribution in [0.15, 0.2) is 46.9 Å². The summed E-state index contributed by atoms with van der Waals surface area (Å²) in [7, 11) is 0. The van der Waals surface area contributed by atoms with Crippen molar-refractivity contribution in [2.24, 2.45) is 0 Å². The Morgan fingerprint density at radius 3 is 2.57 bits per heavy atom. The van der Waals surface area contributed by atoms with Crippen molar-refractivity contribution in [1.29, 1.82) is 0 Å². The smallest absolute Gasteiger partial charge is 0.296 e. The molecule has 1 saturated carbocycles. The summed E-state index contributed by atoms with van der Waals surface area (Å²) >= 11 is 12.5. The number of Topliss-reactive ketones (excluding diaryl/α,β-unsaturated/α-hetero) is 1. The van der Waals surface area contributed by atoms with Crippen LogP contribution in [0.4, 0.5) is 0 Å². The average Bonchev–Trinajstić information content (AvgIpc) is 3.30. The number of likely N-dealkylation sites (tertiary alicyclic amines) is 1. The van der Waals surface area contributed by atoms with Gasteiger partial charge in [-0.05, 0) is 62.9 Å². The maximum atomic E-state index is 12.9. The summed E-state index contributed by atoms with van der Waals surface area (Å²) in [6.45, 7) is 2.96. The summed E-state index contributed by atoms with van der Waals surface area (Å²) < 4.78 is 11.4. The van der Waals surface area contributed by atoms with Crippen LogP contribution >= 0.6 is 23.2 Å². The first-order chi connectivity index (χ1) is 16.8. The molecule has 1 saturated heterocycles. The van der Waals surface area contributed by atoms with Crippen molar-refractivity contribution in [3.8, 4) is 5.75 Å². The Bertz CT molecular complexity index is 1280. The van der Waals surface area contributed by atoms with Crippen LogP contribution in [0.5, 0.6) is 5.75 Å². The van der Waals surface area contributed by atoms with Gasteiger partial charge in [-0.15, -0.1) is 0 Å². The van der Waals surface area contributed by atoms with Gasteiger partial charge in [0.1, 0.15) is 11.3 Å². The number of nitrogens with one attached hydrogen (secondary N) is 1. The summed E-state index contributed by atoms with van der Waals surface area (Å²) in [6, 6.07) is 10.8. The second kappa shape index (κ2) is 9.47. The number of hydrogen-bond donors (Lipinski definition) is 2. The summed E-state index contributed by atoms with van der Waals surface area (Å²) in [5.41, 5.74) is -0.639. The van der Waals surface area contributed by atoms with E-state index in [1.807, 2.05) is 4.90 Å². The van der Waals surface area contributed by atoms with E-state index in [1.54, 1.807) is 43.3 Å². The number of ether oxygens (including phenoxy) is 1. The number of fused-ring (bicyclic) bond motifs is 1. The molecular weight excluding hydrogens is 491 g/mol. The maximum absolute atomic E-state index is 12.9. The monoisotopic (exact) mass is 516 g/mol. The van der Waals surface area contributed by atoms with E-state index in [-0.39, 0.29) is 11.9 Å². The second-order valence-electron chi connectivity index (χ2n) is 9.20. The van der Waals surface area contributed by atoms with Gasteiger partial charge in [0.15, 0.2) is 11.5 Å². The first-order valence-corrected chi connectivity index (χ1v) is 12.5. The highest BCUT2D eigenvalue weighted by Crippen LogP contribution is 2.38. The number of carbonyl (C=O) groups is 2. The van der Waals surface area contributed by atoms with Gasteiger partial charge in [0, 0.05) is 35.1 Å².